The van der Waals surface area contributed by atoms with Crippen molar-refractivity contribution >= 4 is 52.4 Å². The molecule has 0 spiro atoms. The van der Waals surface area contributed by atoms with Crippen LogP contribution >= 0.6 is 11.6 Å². The van der Waals surface area contributed by atoms with Crippen molar-refractivity contribution in [2.45, 2.75) is 13.1 Å². The molecule has 0 aliphatic carbocycles. The molecule has 13 heteroatoms. The van der Waals surface area contributed by atoms with Gasteiger partial charge in [0.2, 0.25) is 11.9 Å². The maximum atomic E-state index is 14.3. The van der Waals surface area contributed by atoms with Gasteiger partial charge >= 0.3 is 6.03 Å². The van der Waals surface area contributed by atoms with Crippen LogP contribution < -0.4 is 29.9 Å². The van der Waals surface area contributed by atoms with Crippen molar-refractivity contribution < 1.29 is 19.1 Å². The van der Waals surface area contributed by atoms with E-state index in [2.05, 4.69) is 20.6 Å². The van der Waals surface area contributed by atoms with E-state index in [1.165, 1.54) is 25.2 Å². The highest BCUT2D eigenvalue weighted by Gasteiger charge is 2.35. The van der Waals surface area contributed by atoms with Gasteiger partial charge in [-0.05, 0) is 43.9 Å². The number of halogens is 1. The average Bonchev–Trinajstić information content (AvgIpc) is 3.03. The van der Waals surface area contributed by atoms with Crippen LogP contribution in [0.15, 0.2) is 79.3 Å². The van der Waals surface area contributed by atoms with Crippen LogP contribution in [0.5, 0.6) is 11.5 Å². The molecule has 5 rings (SSSR count). The van der Waals surface area contributed by atoms with E-state index in [4.69, 9.17) is 26.1 Å². The number of ether oxygens (including phenoxy) is 2. The van der Waals surface area contributed by atoms with Crippen LogP contribution in [0.25, 0.3) is 0 Å². The number of methoxy groups -OCH3 is 2. The van der Waals surface area contributed by atoms with Crippen LogP contribution in [0.3, 0.4) is 0 Å². The predicted molar refractivity (Wildman–Crippen MR) is 175 cm³/mol. The van der Waals surface area contributed by atoms with Crippen molar-refractivity contribution in [3.05, 3.63) is 95.4 Å². The molecule has 0 saturated heterocycles. The molecular weight excluding hydrogens is 596 g/mol. The third-order valence-electron chi connectivity index (χ3n) is 6.84. The standard InChI is InChI=1S/C32H33ClN8O4/c1-39(2)14-6-9-28(42)36-24-8-5-7-21(15-24)19-41-30-22(18-35-31(38-30)37-23-10-12-34-13-11-23)20-40(32(41)43)26-16-25(44-3)17-27(45-4)29(26)33/h5-13,15-18H,14,19-20H2,1-4H3,(H,36,42)(H,34,35,37,38)/b9-6+. The minimum atomic E-state index is -0.366. The lowest BCUT2D eigenvalue weighted by Gasteiger charge is -2.36. The van der Waals surface area contributed by atoms with Crippen LogP contribution in [0.2, 0.25) is 5.02 Å². The van der Waals surface area contributed by atoms with Gasteiger partial charge in [0.05, 0.1) is 33.0 Å². The summed E-state index contributed by atoms with van der Waals surface area (Å²) in [4.78, 5) is 45.1. The molecule has 232 valence electrons. The Kier molecular flexibility index (Phi) is 9.76. The second-order valence-electron chi connectivity index (χ2n) is 10.4. The number of nitrogens with one attached hydrogen (secondary N) is 2. The van der Waals surface area contributed by atoms with Crippen molar-refractivity contribution in [2.24, 2.45) is 0 Å². The number of hydrogen-bond donors (Lipinski definition) is 2. The number of anilines is 5. The Labute approximate surface area is 266 Å². The first kappa shape index (κ1) is 31.2. The zero-order valence-corrected chi connectivity index (χ0v) is 26.1. The second-order valence-corrected chi connectivity index (χ2v) is 10.8. The number of carbonyl (C=O) groups is 2. The lowest BCUT2D eigenvalue weighted by molar-refractivity contribution is -0.111. The minimum absolute atomic E-state index is 0.146. The van der Waals surface area contributed by atoms with E-state index < -0.39 is 0 Å². The fourth-order valence-corrected chi connectivity index (χ4v) is 4.97. The van der Waals surface area contributed by atoms with Crippen molar-refractivity contribution in [1.29, 1.82) is 0 Å². The number of urea groups is 1. The molecule has 45 heavy (non-hydrogen) atoms. The smallest absolute Gasteiger partial charge is 0.330 e. The van der Waals surface area contributed by atoms with Crippen LogP contribution in [-0.2, 0) is 17.9 Å². The maximum Gasteiger partial charge on any atom is 0.330 e. The summed E-state index contributed by atoms with van der Waals surface area (Å²) in [7, 11) is 6.88. The van der Waals surface area contributed by atoms with E-state index >= 15 is 0 Å². The molecule has 3 amide bonds. The maximum absolute atomic E-state index is 14.3. The Morgan fingerprint density at radius 2 is 1.89 bits per heavy atom. The second kappa shape index (κ2) is 14.1. The number of nitrogens with zero attached hydrogens (tertiary/aromatic N) is 6. The van der Waals surface area contributed by atoms with E-state index in [0.717, 1.165) is 11.3 Å². The number of benzene rings is 2. The van der Waals surface area contributed by atoms with Gasteiger partial charge in [-0.3, -0.25) is 19.6 Å². The summed E-state index contributed by atoms with van der Waals surface area (Å²) in [5.41, 5.74) is 3.22. The van der Waals surface area contributed by atoms with Gasteiger partial charge in [0.15, 0.2) is 0 Å². The lowest BCUT2D eigenvalue weighted by atomic mass is 10.1. The van der Waals surface area contributed by atoms with Crippen molar-refractivity contribution in [3.8, 4) is 11.5 Å². The largest absolute Gasteiger partial charge is 0.497 e. The third-order valence-corrected chi connectivity index (χ3v) is 7.22. The van der Waals surface area contributed by atoms with Crippen molar-refractivity contribution in [3.63, 3.8) is 0 Å². The lowest BCUT2D eigenvalue weighted by Crippen LogP contribution is -2.47. The summed E-state index contributed by atoms with van der Waals surface area (Å²) in [6.07, 6.45) is 8.28. The van der Waals surface area contributed by atoms with Crippen LogP contribution in [0, 0.1) is 0 Å². The molecule has 1 aliphatic rings. The van der Waals surface area contributed by atoms with Gasteiger partial charge in [-0.1, -0.05) is 29.8 Å². The molecule has 2 aromatic heterocycles. The van der Waals surface area contributed by atoms with Crippen LogP contribution in [-0.4, -0.2) is 66.6 Å². The highest BCUT2D eigenvalue weighted by atomic mass is 35.5. The van der Waals surface area contributed by atoms with Gasteiger partial charge in [-0.15, -0.1) is 0 Å². The first-order valence-electron chi connectivity index (χ1n) is 14.0. The van der Waals surface area contributed by atoms with Gasteiger partial charge in [0, 0.05) is 60.3 Å². The van der Waals surface area contributed by atoms with Crippen LogP contribution in [0.1, 0.15) is 11.1 Å². The summed E-state index contributed by atoms with van der Waals surface area (Å²) in [6.45, 7) is 0.946. The molecule has 0 fully saturated rings. The van der Waals surface area contributed by atoms with Gasteiger partial charge < -0.3 is 25.0 Å². The molecule has 1 aliphatic heterocycles. The predicted octanol–water partition coefficient (Wildman–Crippen LogP) is 5.49. The highest BCUT2D eigenvalue weighted by molar-refractivity contribution is 6.35. The molecule has 0 bridgehead atoms. The zero-order valence-electron chi connectivity index (χ0n) is 25.3. The number of likely N-dealkylation sites (N-methyl/N-ethyl adjacent to an activating group) is 1. The van der Waals surface area contributed by atoms with Gasteiger partial charge in [-0.25, -0.2) is 9.78 Å². The number of fused-ring (bicyclic) bond motifs is 1. The quantitative estimate of drug-likeness (QED) is 0.207. The van der Waals surface area contributed by atoms with Crippen LogP contribution in [0.4, 0.5) is 33.6 Å². The molecule has 2 N–H and O–H groups in total. The molecule has 12 nitrogen and oxygen atoms in total. The highest BCUT2D eigenvalue weighted by Crippen LogP contribution is 2.42. The zero-order chi connectivity index (χ0) is 31.9. The number of rotatable bonds is 11. The number of carbonyl (C=O) groups excluding carboxylic acids is 2. The van der Waals surface area contributed by atoms with Gasteiger partial charge in [-0.2, -0.15) is 4.98 Å². The molecule has 0 atom stereocenters. The van der Waals surface area contributed by atoms with E-state index in [1.807, 2.05) is 37.2 Å². The normalized spacial score (nSPS) is 12.8. The van der Waals surface area contributed by atoms with Gasteiger partial charge in [0.1, 0.15) is 22.3 Å². The van der Waals surface area contributed by atoms with Gasteiger partial charge in [0.25, 0.3) is 0 Å². The number of pyridine rings is 1. The van der Waals surface area contributed by atoms with E-state index in [1.54, 1.807) is 59.9 Å². The first-order valence-corrected chi connectivity index (χ1v) is 14.4. The number of aromatic nitrogens is 3. The number of amides is 3. The molecular formula is C32H33ClN8O4. The molecule has 2 aromatic carbocycles. The Morgan fingerprint density at radius 3 is 2.62 bits per heavy atom. The van der Waals surface area contributed by atoms with E-state index in [9.17, 15) is 9.59 Å². The molecule has 4 aromatic rings. The Bertz CT molecular complexity index is 1720. The molecule has 0 unspecified atom stereocenters. The Morgan fingerprint density at radius 1 is 1.09 bits per heavy atom. The summed E-state index contributed by atoms with van der Waals surface area (Å²) < 4.78 is 10.9. The average molecular weight is 629 g/mol. The Hall–Kier alpha value is -5.20. The third kappa shape index (κ3) is 7.48. The number of hydrogen-bond acceptors (Lipinski definition) is 9. The minimum Gasteiger partial charge on any atom is -0.497 e. The summed E-state index contributed by atoms with van der Waals surface area (Å²) in [5, 5.41) is 6.31. The molecule has 0 saturated carbocycles. The fourth-order valence-electron chi connectivity index (χ4n) is 4.68. The topological polar surface area (TPSA) is 125 Å². The van der Waals surface area contributed by atoms with Crippen molar-refractivity contribution in [2.75, 3.05) is 55.3 Å². The summed E-state index contributed by atoms with van der Waals surface area (Å²) in [6, 6.07) is 13.9. The Balaban J connectivity index is 1.50. The SMILES string of the molecule is COc1cc(OC)c(Cl)c(N2Cc3cnc(Nc4ccncc4)nc3N(Cc3cccc(NC(=O)/C=C/CN(C)C)c3)C2=O)c1. The monoisotopic (exact) mass is 628 g/mol. The molecule has 3 heterocycles. The first-order chi connectivity index (χ1) is 21.7. The molecule has 0 radical (unpaired) electrons. The van der Waals surface area contributed by atoms with E-state index in [-0.39, 0.29) is 30.1 Å². The fraction of sp³-hybridized carbons (Fsp3) is 0.219. The van der Waals surface area contributed by atoms with Crippen molar-refractivity contribution in [1.82, 2.24) is 19.9 Å². The summed E-state index contributed by atoms with van der Waals surface area (Å²) in [5.74, 6) is 1.36. The van der Waals surface area contributed by atoms with E-state index in [0.29, 0.717) is 46.7 Å². The summed E-state index contributed by atoms with van der Waals surface area (Å²) >= 11 is 6.72.